The molecule has 1 aromatic carbocycles. The molecule has 14 heteroatoms. The maximum atomic E-state index is 13.8. The SMILES string of the molecule is CCOC(=O)C1=C2CC(/C=N/S(=O)(=O)C(F)F)CN2C(c2nccs2)=N[C@H]1c1ccc(F)cc1Br. The van der Waals surface area contributed by atoms with Gasteiger partial charge in [-0.3, -0.25) is 4.99 Å². The molecule has 3 heterocycles. The Kier molecular flexibility index (Phi) is 7.43. The first-order chi connectivity index (χ1) is 16.6. The molecular formula is C21H18BrF3N4O4S2. The van der Waals surface area contributed by atoms with Gasteiger partial charge < -0.3 is 9.64 Å². The molecule has 4 rings (SSSR count). The molecular weight excluding hydrogens is 573 g/mol. The molecule has 0 spiro atoms. The molecule has 35 heavy (non-hydrogen) atoms. The van der Waals surface area contributed by atoms with Crippen molar-refractivity contribution in [2.24, 2.45) is 15.3 Å². The van der Waals surface area contributed by atoms with Crippen LogP contribution in [-0.2, 0) is 19.6 Å². The smallest absolute Gasteiger partial charge is 0.357 e. The zero-order valence-electron chi connectivity index (χ0n) is 18.1. The molecule has 0 amide bonds. The second-order valence-electron chi connectivity index (χ2n) is 7.54. The Morgan fingerprint density at radius 1 is 1.43 bits per heavy atom. The van der Waals surface area contributed by atoms with Crippen LogP contribution in [-0.4, -0.2) is 55.2 Å². The van der Waals surface area contributed by atoms with E-state index < -0.39 is 39.5 Å². The van der Waals surface area contributed by atoms with Crippen LogP contribution in [0.1, 0.15) is 30.0 Å². The third-order valence-electron chi connectivity index (χ3n) is 5.31. The Morgan fingerprint density at radius 2 is 2.20 bits per heavy atom. The summed E-state index contributed by atoms with van der Waals surface area (Å²) < 4.78 is 71.1. The maximum Gasteiger partial charge on any atom is 0.357 e. The molecule has 1 saturated heterocycles. The molecule has 0 aliphatic carbocycles. The minimum Gasteiger partial charge on any atom is -0.463 e. The summed E-state index contributed by atoms with van der Waals surface area (Å²) in [6, 6.07) is 3.13. The fourth-order valence-corrected chi connectivity index (χ4v) is 5.50. The molecule has 2 atom stereocenters. The van der Waals surface area contributed by atoms with Gasteiger partial charge in [-0.1, -0.05) is 22.0 Å². The van der Waals surface area contributed by atoms with Gasteiger partial charge in [-0.05, 0) is 31.0 Å². The van der Waals surface area contributed by atoms with Crippen LogP contribution in [0.25, 0.3) is 0 Å². The summed E-state index contributed by atoms with van der Waals surface area (Å²) in [5, 5.41) is 2.28. The van der Waals surface area contributed by atoms with E-state index in [9.17, 15) is 26.4 Å². The van der Waals surface area contributed by atoms with Crippen molar-refractivity contribution in [1.82, 2.24) is 9.88 Å². The molecule has 1 aromatic heterocycles. The van der Waals surface area contributed by atoms with Crippen LogP contribution in [0.3, 0.4) is 0 Å². The van der Waals surface area contributed by atoms with Crippen molar-refractivity contribution < 1.29 is 31.1 Å². The number of sulfonamides is 1. The number of thiazole rings is 1. The molecule has 1 fully saturated rings. The first-order valence-electron chi connectivity index (χ1n) is 10.3. The number of aromatic nitrogens is 1. The van der Waals surface area contributed by atoms with E-state index in [0.717, 1.165) is 6.21 Å². The van der Waals surface area contributed by atoms with Crippen molar-refractivity contribution in [3.8, 4) is 0 Å². The van der Waals surface area contributed by atoms with Crippen molar-refractivity contribution in [3.63, 3.8) is 0 Å². The van der Waals surface area contributed by atoms with Gasteiger partial charge in [0.05, 0.1) is 12.2 Å². The van der Waals surface area contributed by atoms with Crippen LogP contribution in [0.2, 0.25) is 0 Å². The van der Waals surface area contributed by atoms with Crippen LogP contribution in [0.5, 0.6) is 0 Å². The lowest BCUT2D eigenvalue weighted by atomic mass is 9.94. The molecule has 0 bridgehead atoms. The fraction of sp³-hybridized carbons (Fsp3) is 0.333. The molecule has 8 nitrogen and oxygen atoms in total. The number of allylic oxidation sites excluding steroid dienone is 1. The van der Waals surface area contributed by atoms with E-state index in [1.54, 1.807) is 23.4 Å². The topological polar surface area (TPSA) is 101 Å². The maximum absolute atomic E-state index is 13.8. The first-order valence-corrected chi connectivity index (χ1v) is 13.5. The molecule has 0 saturated carbocycles. The number of rotatable bonds is 7. The van der Waals surface area contributed by atoms with Crippen LogP contribution in [0.15, 0.2) is 54.9 Å². The van der Waals surface area contributed by atoms with Gasteiger partial charge in [0.1, 0.15) is 11.9 Å². The average Bonchev–Trinajstić information content (AvgIpc) is 3.47. The number of ether oxygens (including phenoxy) is 1. The number of hydrogen-bond donors (Lipinski definition) is 0. The zero-order chi connectivity index (χ0) is 25.3. The molecule has 0 N–H and O–H groups in total. The predicted octanol–water partition coefficient (Wildman–Crippen LogP) is 4.31. The number of carbonyl (C=O) groups is 1. The van der Waals surface area contributed by atoms with Crippen molar-refractivity contribution in [2.45, 2.75) is 25.1 Å². The highest BCUT2D eigenvalue weighted by atomic mass is 79.9. The van der Waals surface area contributed by atoms with E-state index in [1.807, 2.05) is 0 Å². The number of carbonyl (C=O) groups excluding carboxylic acids is 1. The lowest BCUT2D eigenvalue weighted by molar-refractivity contribution is -0.139. The Balaban J connectivity index is 1.85. The van der Waals surface area contributed by atoms with Gasteiger partial charge in [0.2, 0.25) is 0 Å². The number of amidine groups is 1. The minimum absolute atomic E-state index is 0.0908. The predicted molar refractivity (Wildman–Crippen MR) is 127 cm³/mol. The summed E-state index contributed by atoms with van der Waals surface area (Å²) in [5.41, 5.74) is 1.18. The molecule has 0 radical (unpaired) electrons. The molecule has 2 aliphatic rings. The number of halogens is 4. The second-order valence-corrected chi connectivity index (χ2v) is 10.9. The van der Waals surface area contributed by atoms with Gasteiger partial charge in [0, 0.05) is 40.4 Å². The molecule has 2 aliphatic heterocycles. The number of fused-ring (bicyclic) bond motifs is 1. The third kappa shape index (κ3) is 5.19. The van der Waals surface area contributed by atoms with Crippen LogP contribution < -0.4 is 0 Å². The monoisotopic (exact) mass is 590 g/mol. The summed E-state index contributed by atoms with van der Waals surface area (Å²) in [4.78, 5) is 23.9. The van der Waals surface area contributed by atoms with E-state index in [-0.39, 0.29) is 25.1 Å². The van der Waals surface area contributed by atoms with Gasteiger partial charge in [-0.25, -0.2) is 14.2 Å². The summed E-state index contributed by atoms with van der Waals surface area (Å²) in [6.07, 6.45) is 2.66. The van der Waals surface area contributed by atoms with E-state index >= 15 is 0 Å². The number of benzene rings is 1. The number of alkyl halides is 2. The van der Waals surface area contributed by atoms with Crippen molar-refractivity contribution in [2.75, 3.05) is 13.2 Å². The Bertz CT molecular complexity index is 1330. The third-order valence-corrected chi connectivity index (χ3v) is 7.63. The molecule has 186 valence electrons. The van der Waals surface area contributed by atoms with Crippen LogP contribution >= 0.6 is 27.3 Å². The Hall–Kier alpha value is -2.58. The van der Waals surface area contributed by atoms with Gasteiger partial charge in [0.25, 0.3) is 0 Å². The van der Waals surface area contributed by atoms with E-state index in [4.69, 9.17) is 9.73 Å². The lowest BCUT2D eigenvalue weighted by Gasteiger charge is -2.31. The lowest BCUT2D eigenvalue weighted by Crippen LogP contribution is -2.35. The second kappa shape index (κ2) is 10.2. The van der Waals surface area contributed by atoms with Crippen molar-refractivity contribution in [1.29, 1.82) is 0 Å². The van der Waals surface area contributed by atoms with Gasteiger partial charge >= 0.3 is 21.8 Å². The standard InChI is InChI=1S/C21H18BrF3N4O4S2/c1-2-33-20(30)16-15-7-11(9-27-35(31,32)21(24)25)10-29(15)18(19-26-5-6-34-19)28-17(16)13-4-3-12(23)8-14(13)22/h3-6,8-9,11,17,21H,2,7,10H2,1H3/b27-9+/t11?,17-/m0/s1. The van der Waals surface area contributed by atoms with E-state index in [1.165, 1.54) is 29.5 Å². The first kappa shape index (κ1) is 25.5. The Morgan fingerprint density at radius 3 is 2.83 bits per heavy atom. The number of aliphatic imine (C=N–C) groups is 1. The average molecular weight is 591 g/mol. The normalized spacial score (nSPS) is 20.5. The highest BCUT2D eigenvalue weighted by Gasteiger charge is 2.42. The largest absolute Gasteiger partial charge is 0.463 e. The van der Waals surface area contributed by atoms with Gasteiger partial charge in [0.15, 0.2) is 10.8 Å². The summed E-state index contributed by atoms with van der Waals surface area (Å²) in [7, 11) is -4.95. The summed E-state index contributed by atoms with van der Waals surface area (Å²) >= 11 is 4.64. The summed E-state index contributed by atoms with van der Waals surface area (Å²) in [6.45, 7) is 1.87. The summed E-state index contributed by atoms with van der Waals surface area (Å²) in [5.74, 6) is -4.96. The number of hydrogen-bond acceptors (Lipinski definition) is 8. The number of nitrogens with zero attached hydrogens (tertiary/aromatic N) is 4. The van der Waals surface area contributed by atoms with Gasteiger partial charge in [-0.15, -0.1) is 11.3 Å². The quantitative estimate of drug-likeness (QED) is 0.352. The van der Waals surface area contributed by atoms with Crippen LogP contribution in [0, 0.1) is 11.7 Å². The van der Waals surface area contributed by atoms with Crippen molar-refractivity contribution >= 4 is 55.3 Å². The van der Waals surface area contributed by atoms with E-state index in [2.05, 4.69) is 25.3 Å². The molecule has 2 aromatic rings. The zero-order valence-corrected chi connectivity index (χ0v) is 21.3. The highest BCUT2D eigenvalue weighted by Crippen LogP contribution is 2.43. The van der Waals surface area contributed by atoms with Crippen LogP contribution in [0.4, 0.5) is 13.2 Å². The molecule has 1 unspecified atom stereocenters. The Labute approximate surface area is 211 Å². The van der Waals surface area contributed by atoms with Crippen molar-refractivity contribution in [3.05, 3.63) is 61.9 Å². The fourth-order valence-electron chi connectivity index (χ4n) is 3.86. The number of esters is 1. The van der Waals surface area contributed by atoms with E-state index in [0.29, 0.717) is 26.6 Å². The van der Waals surface area contributed by atoms with Gasteiger partial charge in [-0.2, -0.15) is 21.6 Å². The minimum atomic E-state index is -4.95. The highest BCUT2D eigenvalue weighted by molar-refractivity contribution is 9.10.